The maximum absolute atomic E-state index is 12.6. The Hall–Kier alpha value is -1.11. The third kappa shape index (κ3) is 3.75. The van der Waals surface area contributed by atoms with E-state index < -0.39 is 10.0 Å². The first-order valence-corrected chi connectivity index (χ1v) is 8.80. The predicted molar refractivity (Wildman–Crippen MR) is 82.9 cm³/mol. The van der Waals surface area contributed by atoms with Gasteiger partial charge in [0, 0.05) is 12.6 Å². The van der Waals surface area contributed by atoms with E-state index >= 15 is 0 Å². The molecule has 1 atom stereocenters. The van der Waals surface area contributed by atoms with Crippen molar-refractivity contribution in [3.63, 3.8) is 0 Å². The van der Waals surface area contributed by atoms with E-state index in [1.807, 2.05) is 20.0 Å². The first-order chi connectivity index (χ1) is 9.97. The Morgan fingerprint density at radius 3 is 2.62 bits per heavy atom. The molecule has 0 spiro atoms. The highest BCUT2D eigenvalue weighted by Gasteiger charge is 2.29. The molecule has 21 heavy (non-hydrogen) atoms. The van der Waals surface area contributed by atoms with Crippen LogP contribution in [0.25, 0.3) is 0 Å². The van der Waals surface area contributed by atoms with Crippen molar-refractivity contribution in [1.29, 1.82) is 0 Å². The summed E-state index contributed by atoms with van der Waals surface area (Å²) >= 11 is 0. The fourth-order valence-corrected chi connectivity index (χ4v) is 4.12. The molecule has 0 radical (unpaired) electrons. The molecule has 2 rings (SSSR count). The molecule has 5 nitrogen and oxygen atoms in total. The lowest BCUT2D eigenvalue weighted by Gasteiger charge is -2.31. The zero-order valence-corrected chi connectivity index (χ0v) is 13.7. The van der Waals surface area contributed by atoms with Gasteiger partial charge in [-0.3, -0.25) is 0 Å². The number of nitrogens with one attached hydrogen (secondary N) is 2. The van der Waals surface area contributed by atoms with E-state index in [-0.39, 0.29) is 10.9 Å². The average Bonchev–Trinajstić information content (AvgIpc) is 2.36. The summed E-state index contributed by atoms with van der Waals surface area (Å²) in [4.78, 5) is 0.212. The van der Waals surface area contributed by atoms with Crippen LogP contribution in [-0.4, -0.2) is 28.6 Å². The minimum atomic E-state index is -3.57. The molecule has 1 aliphatic rings. The number of hydrogen-bond donors (Lipinski definition) is 2. The predicted octanol–water partition coefficient (Wildman–Crippen LogP) is 1.88. The zero-order chi connectivity index (χ0) is 15.5. The number of ether oxygens (including phenoxy) is 1. The van der Waals surface area contributed by atoms with E-state index in [2.05, 4.69) is 10.0 Å². The summed E-state index contributed by atoms with van der Waals surface area (Å²) in [6.07, 6.45) is 3.39. The van der Waals surface area contributed by atoms with E-state index in [0.717, 1.165) is 18.4 Å². The van der Waals surface area contributed by atoms with Gasteiger partial charge in [-0.25, -0.2) is 13.1 Å². The van der Waals surface area contributed by atoms with Crippen molar-refractivity contribution in [2.45, 2.75) is 43.7 Å². The summed E-state index contributed by atoms with van der Waals surface area (Å²) in [6, 6.07) is 5.20. The SMILES string of the molecule is CNCc1ccc(OC)c(S(=O)(=O)NC(C)C2CCC2)c1. The topological polar surface area (TPSA) is 67.4 Å². The normalized spacial score (nSPS) is 17.3. The van der Waals surface area contributed by atoms with Crippen molar-refractivity contribution in [3.8, 4) is 5.75 Å². The molecule has 1 aromatic carbocycles. The smallest absolute Gasteiger partial charge is 0.244 e. The lowest BCUT2D eigenvalue weighted by molar-refractivity contribution is 0.260. The Morgan fingerprint density at radius 2 is 2.10 bits per heavy atom. The van der Waals surface area contributed by atoms with E-state index in [4.69, 9.17) is 4.74 Å². The van der Waals surface area contributed by atoms with E-state index in [1.54, 1.807) is 12.1 Å². The molecule has 1 unspecified atom stereocenters. The molecule has 1 fully saturated rings. The summed E-state index contributed by atoms with van der Waals surface area (Å²) in [5.41, 5.74) is 0.912. The van der Waals surface area contributed by atoms with Gasteiger partial charge >= 0.3 is 0 Å². The lowest BCUT2D eigenvalue weighted by atomic mass is 9.81. The summed E-state index contributed by atoms with van der Waals surface area (Å²) in [6.45, 7) is 2.55. The Bertz CT molecular complexity index is 583. The molecule has 0 aliphatic heterocycles. The van der Waals surface area contributed by atoms with Crippen molar-refractivity contribution >= 4 is 10.0 Å². The molecule has 118 valence electrons. The van der Waals surface area contributed by atoms with Gasteiger partial charge in [-0.05, 0) is 50.4 Å². The van der Waals surface area contributed by atoms with Gasteiger partial charge in [0.25, 0.3) is 0 Å². The van der Waals surface area contributed by atoms with Crippen LogP contribution >= 0.6 is 0 Å². The van der Waals surface area contributed by atoms with Crippen LogP contribution in [-0.2, 0) is 16.6 Å². The van der Waals surface area contributed by atoms with Crippen LogP contribution in [0.15, 0.2) is 23.1 Å². The Labute approximate surface area is 127 Å². The van der Waals surface area contributed by atoms with E-state index in [9.17, 15) is 8.42 Å². The second-order valence-electron chi connectivity index (χ2n) is 5.62. The second-order valence-corrected chi connectivity index (χ2v) is 7.30. The standard InChI is InChI=1S/C15H24N2O3S/c1-11(13-5-4-6-13)17-21(18,19)15-9-12(10-16-2)7-8-14(15)20-3/h7-9,11,13,16-17H,4-6,10H2,1-3H3. The quantitative estimate of drug-likeness (QED) is 0.807. The van der Waals surface area contributed by atoms with Crippen LogP contribution < -0.4 is 14.8 Å². The number of rotatable bonds is 7. The largest absolute Gasteiger partial charge is 0.495 e. The van der Waals surface area contributed by atoms with Gasteiger partial charge in [-0.2, -0.15) is 0 Å². The third-order valence-electron chi connectivity index (χ3n) is 4.10. The van der Waals surface area contributed by atoms with Gasteiger partial charge in [0.15, 0.2) is 0 Å². The van der Waals surface area contributed by atoms with Gasteiger partial charge in [-0.1, -0.05) is 12.5 Å². The molecule has 1 aliphatic carbocycles. The zero-order valence-electron chi connectivity index (χ0n) is 12.8. The van der Waals surface area contributed by atoms with Crippen LogP contribution in [0.1, 0.15) is 31.7 Å². The molecule has 1 aromatic rings. The van der Waals surface area contributed by atoms with Gasteiger partial charge in [-0.15, -0.1) is 0 Å². The molecular weight excluding hydrogens is 288 g/mol. The third-order valence-corrected chi connectivity index (χ3v) is 5.68. The number of methoxy groups -OCH3 is 1. The molecular formula is C15H24N2O3S. The number of hydrogen-bond acceptors (Lipinski definition) is 4. The summed E-state index contributed by atoms with van der Waals surface area (Å²) in [5.74, 6) is 0.828. The van der Waals surface area contributed by atoms with E-state index in [1.165, 1.54) is 13.5 Å². The minimum absolute atomic E-state index is 0.0404. The minimum Gasteiger partial charge on any atom is -0.495 e. The number of sulfonamides is 1. The van der Waals surface area contributed by atoms with Crippen molar-refractivity contribution in [3.05, 3.63) is 23.8 Å². The highest BCUT2D eigenvalue weighted by Crippen LogP contribution is 2.31. The van der Waals surface area contributed by atoms with Gasteiger partial charge in [0.1, 0.15) is 10.6 Å². The van der Waals surface area contributed by atoms with Crippen molar-refractivity contribution < 1.29 is 13.2 Å². The van der Waals surface area contributed by atoms with Crippen LogP contribution in [0.3, 0.4) is 0 Å². The van der Waals surface area contributed by atoms with Crippen LogP contribution in [0.2, 0.25) is 0 Å². The molecule has 0 aromatic heterocycles. The van der Waals surface area contributed by atoms with Crippen molar-refractivity contribution in [2.24, 2.45) is 5.92 Å². The Morgan fingerprint density at radius 1 is 1.38 bits per heavy atom. The molecule has 2 N–H and O–H groups in total. The van der Waals surface area contributed by atoms with Crippen LogP contribution in [0.5, 0.6) is 5.75 Å². The monoisotopic (exact) mass is 312 g/mol. The second kappa shape index (κ2) is 6.77. The highest BCUT2D eigenvalue weighted by molar-refractivity contribution is 7.89. The molecule has 0 heterocycles. The van der Waals surface area contributed by atoms with Crippen LogP contribution in [0, 0.1) is 5.92 Å². The van der Waals surface area contributed by atoms with Crippen LogP contribution in [0.4, 0.5) is 0 Å². The lowest BCUT2D eigenvalue weighted by Crippen LogP contribution is -2.40. The Kier molecular flexibility index (Phi) is 5.24. The van der Waals surface area contributed by atoms with Gasteiger partial charge in [0.05, 0.1) is 7.11 Å². The summed E-state index contributed by atoms with van der Waals surface area (Å²) < 4.78 is 33.2. The van der Waals surface area contributed by atoms with Crippen molar-refractivity contribution in [2.75, 3.05) is 14.2 Å². The summed E-state index contributed by atoms with van der Waals surface area (Å²) in [7, 11) is -0.251. The van der Waals surface area contributed by atoms with Gasteiger partial charge < -0.3 is 10.1 Å². The molecule has 1 saturated carbocycles. The summed E-state index contributed by atoms with van der Waals surface area (Å²) in [5, 5.41) is 3.02. The van der Waals surface area contributed by atoms with Crippen molar-refractivity contribution in [1.82, 2.24) is 10.0 Å². The maximum atomic E-state index is 12.6. The number of benzene rings is 1. The molecule has 0 saturated heterocycles. The van der Waals surface area contributed by atoms with Gasteiger partial charge in [0.2, 0.25) is 10.0 Å². The fraction of sp³-hybridized carbons (Fsp3) is 0.600. The Balaban J connectivity index is 2.26. The average molecular weight is 312 g/mol. The fourth-order valence-electron chi connectivity index (χ4n) is 2.59. The first-order valence-electron chi connectivity index (χ1n) is 7.31. The van der Waals surface area contributed by atoms with E-state index in [0.29, 0.717) is 18.2 Å². The highest BCUT2D eigenvalue weighted by atomic mass is 32.2. The first kappa shape index (κ1) is 16.3. The molecule has 0 bridgehead atoms. The molecule has 0 amide bonds. The molecule has 6 heteroatoms. The maximum Gasteiger partial charge on any atom is 0.244 e.